The first-order chi connectivity index (χ1) is 8.69. The Hall–Kier alpha value is -1.91. The maximum atomic E-state index is 11.8. The average Bonchev–Trinajstić information content (AvgIpc) is 2.68. The number of nitrogens with two attached hydrogens (primary N) is 1. The SMILES string of the molecule is Cn1cc(S(=O)(=O)N[C@@H](CO)C(=O)O)cc1C(N)=O. The van der Waals surface area contributed by atoms with Crippen molar-refractivity contribution in [3.63, 3.8) is 0 Å². The number of aliphatic hydroxyl groups is 1. The maximum Gasteiger partial charge on any atom is 0.324 e. The lowest BCUT2D eigenvalue weighted by atomic mass is 10.3. The zero-order chi connectivity index (χ0) is 14.8. The van der Waals surface area contributed by atoms with E-state index in [0.29, 0.717) is 0 Å². The van der Waals surface area contributed by atoms with Gasteiger partial charge in [-0.05, 0) is 6.07 Å². The summed E-state index contributed by atoms with van der Waals surface area (Å²) in [7, 11) is -2.75. The number of aliphatic hydroxyl groups excluding tert-OH is 1. The van der Waals surface area contributed by atoms with Gasteiger partial charge in [-0.25, -0.2) is 8.42 Å². The molecule has 1 heterocycles. The number of hydrogen-bond acceptors (Lipinski definition) is 5. The van der Waals surface area contributed by atoms with Gasteiger partial charge in [-0.2, -0.15) is 4.72 Å². The van der Waals surface area contributed by atoms with E-state index in [1.807, 2.05) is 0 Å². The largest absolute Gasteiger partial charge is 0.480 e. The van der Waals surface area contributed by atoms with Gasteiger partial charge in [0.05, 0.1) is 6.61 Å². The van der Waals surface area contributed by atoms with Crippen LogP contribution in [0.5, 0.6) is 0 Å². The van der Waals surface area contributed by atoms with Crippen LogP contribution in [-0.2, 0) is 21.9 Å². The Bertz CT molecular complexity index is 605. The Balaban J connectivity index is 3.10. The second kappa shape index (κ2) is 5.38. The summed E-state index contributed by atoms with van der Waals surface area (Å²) in [6.45, 7) is -0.899. The van der Waals surface area contributed by atoms with Gasteiger partial charge in [0.2, 0.25) is 10.0 Å². The van der Waals surface area contributed by atoms with E-state index in [9.17, 15) is 18.0 Å². The molecule has 1 amide bonds. The van der Waals surface area contributed by atoms with Gasteiger partial charge in [-0.3, -0.25) is 9.59 Å². The second-order valence-electron chi connectivity index (χ2n) is 3.73. The van der Waals surface area contributed by atoms with Gasteiger partial charge in [0.1, 0.15) is 16.6 Å². The van der Waals surface area contributed by atoms with Gasteiger partial charge in [0, 0.05) is 13.2 Å². The summed E-state index contributed by atoms with van der Waals surface area (Å²) in [5.74, 6) is -2.34. The van der Waals surface area contributed by atoms with Gasteiger partial charge >= 0.3 is 5.97 Å². The van der Waals surface area contributed by atoms with Crippen LogP contribution in [0, 0.1) is 0 Å². The Morgan fingerprint density at radius 3 is 2.47 bits per heavy atom. The predicted octanol–water partition coefficient (Wildman–Crippen LogP) is -2.15. The molecule has 106 valence electrons. The van der Waals surface area contributed by atoms with Crippen LogP contribution in [0.15, 0.2) is 17.2 Å². The molecule has 5 N–H and O–H groups in total. The van der Waals surface area contributed by atoms with E-state index in [1.165, 1.54) is 11.6 Å². The van der Waals surface area contributed by atoms with Gasteiger partial charge in [-0.15, -0.1) is 0 Å². The van der Waals surface area contributed by atoms with E-state index in [2.05, 4.69) is 0 Å². The first kappa shape index (κ1) is 15.1. The number of rotatable bonds is 6. The number of aromatic nitrogens is 1. The molecule has 19 heavy (non-hydrogen) atoms. The van der Waals surface area contributed by atoms with E-state index in [-0.39, 0.29) is 10.6 Å². The van der Waals surface area contributed by atoms with Crippen molar-refractivity contribution in [3.8, 4) is 0 Å². The van der Waals surface area contributed by atoms with Crippen LogP contribution in [0.2, 0.25) is 0 Å². The molecule has 0 aliphatic rings. The third-order valence-corrected chi connectivity index (χ3v) is 3.76. The molecule has 1 aromatic heterocycles. The fraction of sp³-hybridized carbons (Fsp3) is 0.333. The highest BCUT2D eigenvalue weighted by Gasteiger charge is 2.26. The molecule has 0 radical (unpaired) electrons. The van der Waals surface area contributed by atoms with Crippen molar-refractivity contribution >= 4 is 21.9 Å². The van der Waals surface area contributed by atoms with Gasteiger partial charge < -0.3 is 20.5 Å². The van der Waals surface area contributed by atoms with Crippen LogP contribution >= 0.6 is 0 Å². The topological polar surface area (TPSA) is 152 Å². The van der Waals surface area contributed by atoms with Crippen molar-refractivity contribution in [2.75, 3.05) is 6.61 Å². The molecular weight excluding hydrogens is 278 g/mol. The first-order valence-corrected chi connectivity index (χ1v) is 6.49. The molecule has 0 unspecified atom stereocenters. The number of carboxylic acid groups (broad SMARTS) is 1. The van der Waals surface area contributed by atoms with E-state index >= 15 is 0 Å². The molecule has 0 aliphatic heterocycles. The second-order valence-corrected chi connectivity index (χ2v) is 5.44. The Morgan fingerprint density at radius 1 is 1.53 bits per heavy atom. The highest BCUT2D eigenvalue weighted by Crippen LogP contribution is 2.13. The van der Waals surface area contributed by atoms with Crippen molar-refractivity contribution in [3.05, 3.63) is 18.0 Å². The van der Waals surface area contributed by atoms with E-state index in [1.54, 1.807) is 4.72 Å². The van der Waals surface area contributed by atoms with Crippen LogP contribution in [0.4, 0.5) is 0 Å². The van der Waals surface area contributed by atoms with E-state index in [4.69, 9.17) is 15.9 Å². The normalized spacial score (nSPS) is 13.2. The lowest BCUT2D eigenvalue weighted by Crippen LogP contribution is -2.43. The Labute approximate surface area is 108 Å². The van der Waals surface area contributed by atoms with Gasteiger partial charge in [0.15, 0.2) is 0 Å². The van der Waals surface area contributed by atoms with Crippen LogP contribution in [0.1, 0.15) is 10.5 Å². The van der Waals surface area contributed by atoms with E-state index in [0.717, 1.165) is 12.3 Å². The summed E-state index contributed by atoms with van der Waals surface area (Å²) in [5.41, 5.74) is 4.99. The molecule has 0 bridgehead atoms. The Morgan fingerprint density at radius 2 is 2.11 bits per heavy atom. The molecule has 0 saturated carbocycles. The molecular formula is C9H13N3O6S. The van der Waals surface area contributed by atoms with Crippen molar-refractivity contribution in [2.24, 2.45) is 12.8 Å². The minimum absolute atomic E-state index is 0.0451. The molecule has 1 atom stereocenters. The number of nitrogens with zero attached hydrogens (tertiary/aromatic N) is 1. The number of carbonyl (C=O) groups is 2. The summed E-state index contributed by atoms with van der Waals surface area (Å²) >= 11 is 0. The molecule has 0 fully saturated rings. The molecule has 0 spiro atoms. The number of aliphatic carboxylic acids is 1. The number of nitrogens with one attached hydrogen (secondary N) is 1. The third kappa shape index (κ3) is 3.30. The van der Waals surface area contributed by atoms with E-state index < -0.39 is 34.5 Å². The van der Waals surface area contributed by atoms with Crippen LogP contribution in [-0.4, -0.2) is 47.7 Å². The van der Waals surface area contributed by atoms with Crippen molar-refractivity contribution in [2.45, 2.75) is 10.9 Å². The number of primary amides is 1. The number of carbonyl (C=O) groups excluding carboxylic acids is 1. The highest BCUT2D eigenvalue weighted by atomic mass is 32.2. The van der Waals surface area contributed by atoms with Crippen LogP contribution in [0.3, 0.4) is 0 Å². The number of aryl methyl sites for hydroxylation is 1. The number of carboxylic acids is 1. The van der Waals surface area contributed by atoms with Crippen LogP contribution < -0.4 is 10.5 Å². The zero-order valence-corrected chi connectivity index (χ0v) is 10.7. The minimum atomic E-state index is -4.17. The predicted molar refractivity (Wildman–Crippen MR) is 62.8 cm³/mol. The van der Waals surface area contributed by atoms with Gasteiger partial charge in [0.25, 0.3) is 5.91 Å². The first-order valence-electron chi connectivity index (χ1n) is 5.01. The van der Waals surface area contributed by atoms with Crippen molar-refractivity contribution < 1.29 is 28.2 Å². The highest BCUT2D eigenvalue weighted by molar-refractivity contribution is 7.89. The number of amides is 1. The quantitative estimate of drug-likeness (QED) is 0.469. The van der Waals surface area contributed by atoms with Gasteiger partial charge in [-0.1, -0.05) is 0 Å². The third-order valence-electron chi connectivity index (χ3n) is 2.32. The summed E-state index contributed by atoms with van der Waals surface area (Å²) in [6.07, 6.45) is 1.11. The lowest BCUT2D eigenvalue weighted by molar-refractivity contribution is -0.139. The molecule has 0 saturated heterocycles. The molecule has 1 rings (SSSR count). The monoisotopic (exact) mass is 291 g/mol. The molecule has 9 nitrogen and oxygen atoms in total. The smallest absolute Gasteiger partial charge is 0.324 e. The van der Waals surface area contributed by atoms with Crippen molar-refractivity contribution in [1.82, 2.24) is 9.29 Å². The summed E-state index contributed by atoms with van der Waals surface area (Å²) < 4.78 is 26.7. The number of hydrogen-bond donors (Lipinski definition) is 4. The summed E-state index contributed by atoms with van der Waals surface area (Å²) in [6, 6.07) is -0.650. The average molecular weight is 291 g/mol. The minimum Gasteiger partial charge on any atom is -0.480 e. The summed E-state index contributed by atoms with van der Waals surface area (Å²) in [5, 5.41) is 17.4. The molecule has 10 heteroatoms. The fourth-order valence-electron chi connectivity index (χ4n) is 1.35. The molecule has 0 aliphatic carbocycles. The van der Waals surface area contributed by atoms with Crippen LogP contribution in [0.25, 0.3) is 0 Å². The Kier molecular flexibility index (Phi) is 4.29. The summed E-state index contributed by atoms with van der Waals surface area (Å²) in [4.78, 5) is 21.3. The fourth-order valence-corrected chi connectivity index (χ4v) is 2.60. The zero-order valence-electron chi connectivity index (χ0n) is 9.90. The standard InChI is InChI=1S/C9H13N3O6S/c1-12-3-5(2-7(12)8(10)14)19(17,18)11-6(4-13)9(15)16/h2-3,6,11,13H,4H2,1H3,(H2,10,14)(H,15,16)/t6-/m0/s1. The molecule has 0 aromatic carbocycles. The number of sulfonamides is 1. The molecule has 1 aromatic rings. The van der Waals surface area contributed by atoms with Crippen molar-refractivity contribution in [1.29, 1.82) is 0 Å². The lowest BCUT2D eigenvalue weighted by Gasteiger charge is -2.10. The maximum absolute atomic E-state index is 11.8.